The molecule has 2 aromatic rings. The van der Waals surface area contributed by atoms with Crippen molar-refractivity contribution in [3.05, 3.63) is 64.1 Å². The highest BCUT2D eigenvalue weighted by Crippen LogP contribution is 2.08. The van der Waals surface area contributed by atoms with Crippen LogP contribution in [-0.2, 0) is 13.6 Å². The van der Waals surface area contributed by atoms with Gasteiger partial charge in [0.15, 0.2) is 0 Å². The number of amides is 1. The minimum absolute atomic E-state index is 0.161. The molecular formula is C19H26N4O2. The van der Waals surface area contributed by atoms with E-state index in [1.165, 1.54) is 16.8 Å². The lowest BCUT2D eigenvalue weighted by Crippen LogP contribution is -2.39. The van der Waals surface area contributed by atoms with Crippen LogP contribution >= 0.6 is 0 Å². The minimum atomic E-state index is -0.227. The number of likely N-dealkylation sites (N-methyl/N-ethyl adjacent to an activating group) is 1. The number of aryl methyl sites for hydroxylation is 1. The predicted octanol–water partition coefficient (Wildman–Crippen LogP) is 1.76. The first-order valence-electron chi connectivity index (χ1n) is 8.65. The van der Waals surface area contributed by atoms with E-state index in [-0.39, 0.29) is 17.2 Å². The van der Waals surface area contributed by atoms with Gasteiger partial charge < -0.3 is 9.80 Å². The molecular weight excluding hydrogens is 316 g/mol. The minimum Gasteiger partial charge on any atom is -0.332 e. The molecule has 25 heavy (non-hydrogen) atoms. The summed E-state index contributed by atoms with van der Waals surface area (Å²) in [7, 11) is 1.55. The molecule has 6 nitrogen and oxygen atoms in total. The van der Waals surface area contributed by atoms with Crippen LogP contribution in [0.3, 0.4) is 0 Å². The number of carbonyl (C=O) groups excluding carboxylic acids is 1. The summed E-state index contributed by atoms with van der Waals surface area (Å²) in [6.07, 6.45) is 0. The second-order valence-corrected chi connectivity index (χ2v) is 5.92. The Bertz CT molecular complexity index is 739. The standard InChI is InChI=1S/C19H26N4O2/c1-4-22(5-2)13-14-23(15-16-9-7-6-8-10-16)19(25)17-11-12-18(24)21(3)20-17/h6-12H,4-5,13-15H2,1-3H3. The second-order valence-electron chi connectivity index (χ2n) is 5.92. The fourth-order valence-electron chi connectivity index (χ4n) is 2.64. The first-order chi connectivity index (χ1) is 12.0. The molecule has 0 saturated carbocycles. The van der Waals surface area contributed by atoms with Crippen LogP contribution in [0.1, 0.15) is 29.9 Å². The molecule has 1 aromatic carbocycles. The van der Waals surface area contributed by atoms with E-state index in [4.69, 9.17) is 0 Å². The summed E-state index contributed by atoms with van der Waals surface area (Å²) in [5.74, 6) is -0.161. The van der Waals surface area contributed by atoms with Gasteiger partial charge in [-0.15, -0.1) is 0 Å². The Balaban J connectivity index is 2.20. The van der Waals surface area contributed by atoms with Gasteiger partial charge in [-0.2, -0.15) is 5.10 Å². The van der Waals surface area contributed by atoms with Crippen molar-refractivity contribution in [3.8, 4) is 0 Å². The van der Waals surface area contributed by atoms with Crippen LogP contribution in [0, 0.1) is 0 Å². The zero-order valence-corrected chi connectivity index (χ0v) is 15.2. The van der Waals surface area contributed by atoms with Crippen molar-refractivity contribution in [1.82, 2.24) is 19.6 Å². The quantitative estimate of drug-likeness (QED) is 0.733. The van der Waals surface area contributed by atoms with Gasteiger partial charge in [-0.25, -0.2) is 4.68 Å². The van der Waals surface area contributed by atoms with Gasteiger partial charge in [-0.3, -0.25) is 9.59 Å². The average molecular weight is 342 g/mol. The number of aromatic nitrogens is 2. The number of rotatable bonds is 8. The molecule has 0 fully saturated rings. The molecule has 0 bridgehead atoms. The van der Waals surface area contributed by atoms with Crippen LogP contribution in [0.5, 0.6) is 0 Å². The molecule has 134 valence electrons. The third-order valence-corrected chi connectivity index (χ3v) is 4.26. The maximum atomic E-state index is 12.9. The summed E-state index contributed by atoms with van der Waals surface area (Å²) in [5, 5.41) is 4.10. The van der Waals surface area contributed by atoms with Crippen molar-refractivity contribution in [2.45, 2.75) is 20.4 Å². The SMILES string of the molecule is CCN(CC)CCN(Cc1ccccc1)C(=O)c1ccc(=O)n(C)n1. The maximum absolute atomic E-state index is 12.9. The zero-order chi connectivity index (χ0) is 18.2. The van der Waals surface area contributed by atoms with Crippen LogP contribution in [0.4, 0.5) is 0 Å². The van der Waals surface area contributed by atoms with Crippen molar-refractivity contribution in [1.29, 1.82) is 0 Å². The predicted molar refractivity (Wildman–Crippen MR) is 98.4 cm³/mol. The number of hydrogen-bond acceptors (Lipinski definition) is 4. The lowest BCUT2D eigenvalue weighted by Gasteiger charge is -2.26. The van der Waals surface area contributed by atoms with Crippen LogP contribution in [0.25, 0.3) is 0 Å². The van der Waals surface area contributed by atoms with Gasteiger partial charge in [0.1, 0.15) is 5.69 Å². The Kier molecular flexibility index (Phi) is 6.89. The van der Waals surface area contributed by atoms with Crippen molar-refractivity contribution in [3.63, 3.8) is 0 Å². The average Bonchev–Trinajstić information content (AvgIpc) is 2.64. The lowest BCUT2D eigenvalue weighted by molar-refractivity contribution is 0.0715. The first-order valence-corrected chi connectivity index (χ1v) is 8.65. The Hall–Kier alpha value is -2.47. The fraction of sp³-hybridized carbons (Fsp3) is 0.421. The number of nitrogens with zero attached hydrogens (tertiary/aromatic N) is 4. The van der Waals surface area contributed by atoms with Gasteiger partial charge >= 0.3 is 0 Å². The Labute approximate surface area is 148 Å². The van der Waals surface area contributed by atoms with Crippen molar-refractivity contribution < 1.29 is 4.79 Å². The number of benzene rings is 1. The van der Waals surface area contributed by atoms with E-state index in [1.54, 1.807) is 11.9 Å². The molecule has 1 aromatic heterocycles. The molecule has 0 saturated heterocycles. The van der Waals surface area contributed by atoms with Crippen molar-refractivity contribution in [2.75, 3.05) is 26.2 Å². The molecule has 6 heteroatoms. The molecule has 1 amide bonds. The van der Waals surface area contributed by atoms with E-state index in [1.807, 2.05) is 30.3 Å². The highest BCUT2D eigenvalue weighted by atomic mass is 16.2. The van der Waals surface area contributed by atoms with E-state index < -0.39 is 0 Å². The summed E-state index contributed by atoms with van der Waals surface area (Å²) >= 11 is 0. The summed E-state index contributed by atoms with van der Waals surface area (Å²) in [6.45, 7) is 8.05. The lowest BCUT2D eigenvalue weighted by atomic mass is 10.2. The van der Waals surface area contributed by atoms with Gasteiger partial charge in [-0.1, -0.05) is 44.2 Å². The fourth-order valence-corrected chi connectivity index (χ4v) is 2.64. The highest BCUT2D eigenvalue weighted by Gasteiger charge is 2.19. The summed E-state index contributed by atoms with van der Waals surface area (Å²) < 4.78 is 1.19. The Morgan fingerprint density at radius 3 is 2.32 bits per heavy atom. The molecule has 0 aliphatic heterocycles. The summed E-state index contributed by atoms with van der Waals surface area (Å²) in [5.41, 5.74) is 1.13. The van der Waals surface area contributed by atoms with E-state index >= 15 is 0 Å². The van der Waals surface area contributed by atoms with Gasteiger partial charge in [0, 0.05) is 32.7 Å². The van der Waals surface area contributed by atoms with Gasteiger partial charge in [-0.05, 0) is 24.7 Å². The smallest absolute Gasteiger partial charge is 0.274 e. The van der Waals surface area contributed by atoms with E-state index in [0.29, 0.717) is 13.1 Å². The van der Waals surface area contributed by atoms with Crippen LogP contribution in [-0.4, -0.2) is 51.7 Å². The largest absolute Gasteiger partial charge is 0.332 e. The molecule has 0 spiro atoms. The Morgan fingerprint density at radius 1 is 1.04 bits per heavy atom. The third-order valence-electron chi connectivity index (χ3n) is 4.26. The normalized spacial score (nSPS) is 10.9. The van der Waals surface area contributed by atoms with Crippen LogP contribution < -0.4 is 5.56 Å². The summed E-state index contributed by atoms with van der Waals surface area (Å²) in [6, 6.07) is 12.8. The van der Waals surface area contributed by atoms with Crippen LogP contribution in [0.2, 0.25) is 0 Å². The van der Waals surface area contributed by atoms with E-state index in [0.717, 1.165) is 25.2 Å². The van der Waals surface area contributed by atoms with Crippen molar-refractivity contribution in [2.24, 2.45) is 7.05 Å². The van der Waals surface area contributed by atoms with Gasteiger partial charge in [0.05, 0.1) is 0 Å². The summed E-state index contributed by atoms with van der Waals surface area (Å²) in [4.78, 5) is 28.5. The highest BCUT2D eigenvalue weighted by molar-refractivity contribution is 5.92. The zero-order valence-electron chi connectivity index (χ0n) is 15.2. The number of hydrogen-bond donors (Lipinski definition) is 0. The molecule has 2 rings (SSSR count). The molecule has 0 aliphatic carbocycles. The molecule has 1 heterocycles. The second kappa shape index (κ2) is 9.13. The molecule has 0 N–H and O–H groups in total. The van der Waals surface area contributed by atoms with Crippen molar-refractivity contribution >= 4 is 5.91 Å². The molecule has 0 aliphatic rings. The monoisotopic (exact) mass is 342 g/mol. The molecule has 0 unspecified atom stereocenters. The van der Waals surface area contributed by atoms with Gasteiger partial charge in [0.25, 0.3) is 11.5 Å². The molecule has 0 radical (unpaired) electrons. The van der Waals surface area contributed by atoms with E-state index in [9.17, 15) is 9.59 Å². The first kappa shape index (κ1) is 18.9. The Morgan fingerprint density at radius 2 is 1.72 bits per heavy atom. The maximum Gasteiger partial charge on any atom is 0.274 e. The molecule has 0 atom stereocenters. The van der Waals surface area contributed by atoms with Gasteiger partial charge in [0.2, 0.25) is 0 Å². The topological polar surface area (TPSA) is 58.4 Å². The number of carbonyl (C=O) groups is 1. The van der Waals surface area contributed by atoms with Crippen LogP contribution in [0.15, 0.2) is 47.3 Å². The third kappa shape index (κ3) is 5.26. The van der Waals surface area contributed by atoms with E-state index in [2.05, 4.69) is 23.8 Å².